The predicted octanol–water partition coefficient (Wildman–Crippen LogP) is 1.80. The monoisotopic (exact) mass is 313 g/mol. The first-order valence-corrected chi connectivity index (χ1v) is 8.35. The lowest BCUT2D eigenvalue weighted by molar-refractivity contribution is 0.0935. The van der Waals surface area contributed by atoms with Crippen LogP contribution in [0.5, 0.6) is 0 Å². The molecule has 2 atom stereocenters. The van der Waals surface area contributed by atoms with Crippen molar-refractivity contribution in [1.29, 1.82) is 5.26 Å². The zero-order valence-electron chi connectivity index (χ0n) is 12.0. The molecule has 1 amide bonds. The second kappa shape index (κ2) is 7.48. The molecule has 0 saturated carbocycles. The van der Waals surface area contributed by atoms with Gasteiger partial charge in [0.05, 0.1) is 11.6 Å². The number of hydrogen-bond donors (Lipinski definition) is 1. The van der Waals surface area contributed by atoms with Crippen molar-refractivity contribution in [3.63, 3.8) is 0 Å². The number of amides is 1. The van der Waals surface area contributed by atoms with Crippen LogP contribution in [-0.2, 0) is 10.8 Å². The van der Waals surface area contributed by atoms with Gasteiger partial charge < -0.3 is 5.32 Å². The van der Waals surface area contributed by atoms with E-state index in [4.69, 9.17) is 5.26 Å². The molecule has 22 heavy (non-hydrogen) atoms. The number of nitrogens with one attached hydrogen (secondary N) is 1. The third-order valence-electron chi connectivity index (χ3n) is 3.03. The SMILES string of the molecule is C[S@@](=O)C[C@@H](NC(=O)c1ccc(C#N)cn1)c1ccccc1. The number of nitrogens with zero attached hydrogens (tertiary/aromatic N) is 2. The Balaban J connectivity index is 2.17. The summed E-state index contributed by atoms with van der Waals surface area (Å²) in [5.41, 5.74) is 1.51. The van der Waals surface area contributed by atoms with E-state index in [0.717, 1.165) is 5.56 Å². The topological polar surface area (TPSA) is 82.9 Å². The number of carbonyl (C=O) groups excluding carboxylic acids is 1. The molecule has 0 radical (unpaired) electrons. The van der Waals surface area contributed by atoms with Gasteiger partial charge in [0.1, 0.15) is 11.8 Å². The number of pyridine rings is 1. The molecule has 1 N–H and O–H groups in total. The highest BCUT2D eigenvalue weighted by Gasteiger charge is 2.17. The first kappa shape index (κ1) is 15.9. The number of aromatic nitrogens is 1. The van der Waals surface area contributed by atoms with Crippen LogP contribution < -0.4 is 5.32 Å². The van der Waals surface area contributed by atoms with Crippen LogP contribution in [0.4, 0.5) is 0 Å². The molecule has 1 heterocycles. The molecule has 0 spiro atoms. The molecule has 0 fully saturated rings. The standard InChI is InChI=1S/C16H15N3O2S/c1-22(21)11-15(13-5-3-2-4-6-13)19-16(20)14-8-7-12(9-17)10-18-14/h2-8,10,15H,11H2,1H3,(H,19,20)/t15-,22-/m1/s1. The first-order chi connectivity index (χ1) is 10.6. The van der Waals surface area contributed by atoms with Gasteiger partial charge in [-0.15, -0.1) is 0 Å². The van der Waals surface area contributed by atoms with E-state index >= 15 is 0 Å². The van der Waals surface area contributed by atoms with Crippen LogP contribution in [0.2, 0.25) is 0 Å². The summed E-state index contributed by atoms with van der Waals surface area (Å²) in [5, 5.41) is 11.6. The summed E-state index contributed by atoms with van der Waals surface area (Å²) in [4.78, 5) is 16.2. The lowest BCUT2D eigenvalue weighted by atomic mass is 10.1. The molecule has 0 aliphatic rings. The average Bonchev–Trinajstić information content (AvgIpc) is 2.54. The molecule has 1 aromatic carbocycles. The van der Waals surface area contributed by atoms with Crippen molar-refractivity contribution in [2.45, 2.75) is 6.04 Å². The third-order valence-corrected chi connectivity index (χ3v) is 3.84. The van der Waals surface area contributed by atoms with Gasteiger partial charge in [0.15, 0.2) is 0 Å². The minimum atomic E-state index is -1.05. The molecule has 6 heteroatoms. The van der Waals surface area contributed by atoms with E-state index in [0.29, 0.717) is 11.3 Å². The van der Waals surface area contributed by atoms with E-state index in [-0.39, 0.29) is 17.6 Å². The van der Waals surface area contributed by atoms with Gasteiger partial charge in [-0.05, 0) is 17.7 Å². The molecule has 0 aliphatic carbocycles. The Bertz CT molecular complexity index is 708. The minimum Gasteiger partial charge on any atom is -0.343 e. The molecule has 0 aliphatic heterocycles. The van der Waals surface area contributed by atoms with Crippen molar-refractivity contribution in [3.8, 4) is 6.07 Å². The molecule has 2 rings (SSSR count). The summed E-state index contributed by atoms with van der Waals surface area (Å²) in [6.45, 7) is 0. The highest BCUT2D eigenvalue weighted by atomic mass is 32.2. The predicted molar refractivity (Wildman–Crippen MR) is 84.5 cm³/mol. The van der Waals surface area contributed by atoms with Crippen LogP contribution in [0.1, 0.15) is 27.7 Å². The summed E-state index contributed by atoms with van der Waals surface area (Å²) < 4.78 is 11.5. The van der Waals surface area contributed by atoms with Crippen molar-refractivity contribution < 1.29 is 9.00 Å². The quantitative estimate of drug-likeness (QED) is 0.912. The first-order valence-electron chi connectivity index (χ1n) is 6.62. The summed E-state index contributed by atoms with van der Waals surface area (Å²) in [6.07, 6.45) is 2.95. The third kappa shape index (κ3) is 4.24. The Hall–Kier alpha value is -2.52. The van der Waals surface area contributed by atoms with E-state index in [9.17, 15) is 9.00 Å². The van der Waals surface area contributed by atoms with Gasteiger partial charge in [-0.2, -0.15) is 5.26 Å². The second-order valence-corrected chi connectivity index (χ2v) is 6.20. The maximum Gasteiger partial charge on any atom is 0.270 e. The van der Waals surface area contributed by atoms with E-state index in [1.807, 2.05) is 36.4 Å². The average molecular weight is 313 g/mol. The summed E-state index contributed by atoms with van der Waals surface area (Å²) >= 11 is 0. The summed E-state index contributed by atoms with van der Waals surface area (Å²) in [5.74, 6) is -0.0322. The van der Waals surface area contributed by atoms with Crippen molar-refractivity contribution in [1.82, 2.24) is 10.3 Å². The summed E-state index contributed by atoms with van der Waals surface area (Å²) in [6, 6.07) is 14.0. The number of nitriles is 1. The van der Waals surface area contributed by atoms with Gasteiger partial charge in [-0.25, -0.2) is 4.98 Å². The number of hydrogen-bond acceptors (Lipinski definition) is 4. The molecule has 0 bridgehead atoms. The van der Waals surface area contributed by atoms with Crippen LogP contribution in [-0.4, -0.2) is 27.1 Å². The second-order valence-electron chi connectivity index (χ2n) is 4.72. The molecule has 1 aromatic heterocycles. The highest BCUT2D eigenvalue weighted by molar-refractivity contribution is 7.84. The van der Waals surface area contributed by atoms with Crippen molar-refractivity contribution in [3.05, 3.63) is 65.5 Å². The van der Waals surface area contributed by atoms with Gasteiger partial charge >= 0.3 is 0 Å². The minimum absolute atomic E-state index is 0.224. The van der Waals surface area contributed by atoms with E-state index in [2.05, 4.69) is 10.3 Å². The smallest absolute Gasteiger partial charge is 0.270 e. The van der Waals surface area contributed by atoms with Crippen LogP contribution >= 0.6 is 0 Å². The number of benzene rings is 1. The highest BCUT2D eigenvalue weighted by Crippen LogP contribution is 2.14. The van der Waals surface area contributed by atoms with Crippen LogP contribution in [0.3, 0.4) is 0 Å². The Morgan fingerprint density at radius 1 is 1.32 bits per heavy atom. The van der Waals surface area contributed by atoms with Crippen molar-refractivity contribution >= 4 is 16.7 Å². The molecular weight excluding hydrogens is 298 g/mol. The van der Waals surface area contributed by atoms with Crippen LogP contribution in [0.15, 0.2) is 48.7 Å². The summed E-state index contributed by atoms with van der Waals surface area (Å²) in [7, 11) is -1.05. The molecule has 0 saturated heterocycles. The molecule has 2 aromatic rings. The van der Waals surface area contributed by atoms with Gasteiger partial charge in [0.25, 0.3) is 5.91 Å². The number of rotatable bonds is 5. The Morgan fingerprint density at radius 3 is 2.59 bits per heavy atom. The lowest BCUT2D eigenvalue weighted by Crippen LogP contribution is -2.32. The maximum absolute atomic E-state index is 12.3. The zero-order valence-corrected chi connectivity index (χ0v) is 12.8. The molecule has 5 nitrogen and oxygen atoms in total. The Labute approximate surface area is 131 Å². The van der Waals surface area contributed by atoms with Gasteiger partial charge in [-0.1, -0.05) is 30.3 Å². The van der Waals surface area contributed by atoms with E-state index in [1.165, 1.54) is 18.3 Å². The van der Waals surface area contributed by atoms with E-state index in [1.54, 1.807) is 6.26 Å². The fourth-order valence-corrected chi connectivity index (χ4v) is 2.71. The Morgan fingerprint density at radius 2 is 2.05 bits per heavy atom. The van der Waals surface area contributed by atoms with Gasteiger partial charge in [0, 0.05) is 29.0 Å². The number of carbonyl (C=O) groups is 1. The molecule has 112 valence electrons. The maximum atomic E-state index is 12.3. The van der Waals surface area contributed by atoms with Crippen molar-refractivity contribution in [2.24, 2.45) is 0 Å². The normalized spacial score (nSPS) is 12.9. The van der Waals surface area contributed by atoms with Crippen molar-refractivity contribution in [2.75, 3.05) is 12.0 Å². The Kier molecular flexibility index (Phi) is 5.39. The van der Waals surface area contributed by atoms with Crippen LogP contribution in [0, 0.1) is 11.3 Å². The van der Waals surface area contributed by atoms with Crippen LogP contribution in [0.25, 0.3) is 0 Å². The molecule has 0 unspecified atom stereocenters. The zero-order chi connectivity index (χ0) is 15.9. The fourth-order valence-electron chi connectivity index (χ4n) is 1.97. The lowest BCUT2D eigenvalue weighted by Gasteiger charge is -2.18. The fraction of sp³-hybridized carbons (Fsp3) is 0.188. The van der Waals surface area contributed by atoms with E-state index < -0.39 is 10.8 Å². The van der Waals surface area contributed by atoms with Gasteiger partial charge in [0.2, 0.25) is 0 Å². The van der Waals surface area contributed by atoms with Gasteiger partial charge in [-0.3, -0.25) is 9.00 Å². The molecular formula is C16H15N3O2S. The largest absolute Gasteiger partial charge is 0.343 e.